The number of amides is 2. The number of benzene rings is 3. The molecule has 5 rings (SSSR count). The van der Waals surface area contributed by atoms with Gasteiger partial charge in [-0.2, -0.15) is 13.2 Å². The van der Waals surface area contributed by atoms with Gasteiger partial charge in [0.15, 0.2) is 0 Å². The van der Waals surface area contributed by atoms with Gasteiger partial charge < -0.3 is 40.2 Å². The Bertz CT molecular complexity index is 2170. The van der Waals surface area contributed by atoms with Crippen molar-refractivity contribution >= 4 is 34.4 Å². The number of pyridine rings is 1. The molecule has 1 unspecified atom stereocenters. The number of carbonyl (C=O) groups is 3. The lowest BCUT2D eigenvalue weighted by molar-refractivity contribution is -0.145. The molecule has 5 N–H and O–H groups in total. The minimum atomic E-state index is -4.52. The van der Waals surface area contributed by atoms with Crippen LogP contribution in [0.15, 0.2) is 109 Å². The minimum Gasteiger partial charge on any atom is -0.491 e. The summed E-state index contributed by atoms with van der Waals surface area (Å²) in [6, 6.07) is 18.7. The van der Waals surface area contributed by atoms with Crippen molar-refractivity contribution in [3.8, 4) is 5.75 Å². The van der Waals surface area contributed by atoms with E-state index in [4.69, 9.17) is 14.2 Å². The summed E-state index contributed by atoms with van der Waals surface area (Å²) in [6.07, 6.45) is 4.08. The van der Waals surface area contributed by atoms with Gasteiger partial charge in [-0.25, -0.2) is 4.79 Å². The van der Waals surface area contributed by atoms with Crippen LogP contribution in [0.3, 0.4) is 0 Å². The maximum absolute atomic E-state index is 13.6. The van der Waals surface area contributed by atoms with Gasteiger partial charge >= 0.3 is 18.2 Å². The van der Waals surface area contributed by atoms with Crippen LogP contribution in [0.25, 0.3) is 10.8 Å². The number of nitrogens with zero attached hydrogens (tertiary/aromatic N) is 1. The Balaban J connectivity index is 1.06. The number of carbonyl (C=O) groups excluding carboxylic acids is 3. The summed E-state index contributed by atoms with van der Waals surface area (Å²) in [5, 5.41) is 39.0. The molecule has 62 heavy (non-hydrogen) atoms. The monoisotopic (exact) mass is 861 g/mol. The first-order chi connectivity index (χ1) is 29.4. The molecule has 0 spiro atoms. The highest BCUT2D eigenvalue weighted by molar-refractivity contribution is 5.98. The molecule has 0 saturated heterocycles. The minimum absolute atomic E-state index is 0.0246. The van der Waals surface area contributed by atoms with E-state index >= 15 is 0 Å². The zero-order chi connectivity index (χ0) is 44.9. The number of hydrogen-bond donors (Lipinski definition) is 5. The maximum Gasteiger partial charge on any atom is 0.416 e. The number of aliphatic hydroxyl groups excluding tert-OH is 3. The third-order valence-electron chi connectivity index (χ3n) is 10.2. The van der Waals surface area contributed by atoms with Crippen LogP contribution in [0, 0.1) is 11.8 Å². The number of aromatic nitrogens is 1. The highest BCUT2D eigenvalue weighted by Crippen LogP contribution is 2.37. The first-order valence-corrected chi connectivity index (χ1v) is 20.5. The Morgan fingerprint density at radius 2 is 1.73 bits per heavy atom. The first kappa shape index (κ1) is 47.3. The third kappa shape index (κ3) is 14.7. The number of allylic oxidation sites excluding steroid dienone is 2. The van der Waals surface area contributed by atoms with Gasteiger partial charge in [-0.15, -0.1) is 0 Å². The smallest absolute Gasteiger partial charge is 0.416 e. The summed E-state index contributed by atoms with van der Waals surface area (Å²) < 4.78 is 55.2. The van der Waals surface area contributed by atoms with Crippen LogP contribution in [0.5, 0.6) is 5.75 Å². The molecule has 0 radical (unpaired) electrons. The second kappa shape index (κ2) is 21.8. The summed E-state index contributed by atoms with van der Waals surface area (Å²) in [5.41, 5.74) is 0.347. The van der Waals surface area contributed by atoms with E-state index in [9.17, 15) is 42.9 Å². The number of alkyl halides is 3. The zero-order valence-corrected chi connectivity index (χ0v) is 34.9. The largest absolute Gasteiger partial charge is 0.491 e. The van der Waals surface area contributed by atoms with Crippen molar-refractivity contribution in [1.82, 2.24) is 10.3 Å². The summed E-state index contributed by atoms with van der Waals surface area (Å²) >= 11 is 0. The number of rotatable bonds is 18. The molecule has 4 aromatic rings. The zero-order valence-electron chi connectivity index (χ0n) is 34.9. The quantitative estimate of drug-likeness (QED) is 0.0374. The lowest BCUT2D eigenvalue weighted by Crippen LogP contribution is -2.37. The average Bonchev–Trinajstić information content (AvgIpc) is 3.49. The van der Waals surface area contributed by atoms with Gasteiger partial charge in [0.25, 0.3) is 0 Å². The summed E-state index contributed by atoms with van der Waals surface area (Å²) in [4.78, 5) is 42.8. The molecule has 1 heterocycles. The molecule has 332 valence electrons. The van der Waals surface area contributed by atoms with E-state index in [0.717, 1.165) is 22.9 Å². The Labute approximate surface area is 358 Å². The van der Waals surface area contributed by atoms with E-state index in [1.54, 1.807) is 69.6 Å². The molecule has 0 bridgehead atoms. The Kier molecular flexibility index (Phi) is 16.7. The first-order valence-electron chi connectivity index (χ1n) is 20.5. The van der Waals surface area contributed by atoms with Crippen LogP contribution in [0.1, 0.15) is 75.5 Å². The fourth-order valence-electron chi connectivity index (χ4n) is 7.03. The SMILES string of the molecule is CC(C)(C)OC(=O)NCC(C(=O)Nc1ccc2cnccc2c1)c1ccc(COC(=O)CCC/C=C\C[C@@H]2[C@@H](/C=C/[C@@H](O)COc3cccc(C(F)(F)F)c3)[C@H](O)C[C@@H]2O)cc1. The van der Waals surface area contributed by atoms with Gasteiger partial charge in [0.2, 0.25) is 5.91 Å². The highest BCUT2D eigenvalue weighted by Gasteiger charge is 2.39. The van der Waals surface area contributed by atoms with Crippen molar-refractivity contribution in [2.45, 2.75) is 95.5 Å². The van der Waals surface area contributed by atoms with Crippen LogP contribution in [0.2, 0.25) is 0 Å². The second-order valence-electron chi connectivity index (χ2n) is 16.3. The van der Waals surface area contributed by atoms with Gasteiger partial charge in [-0.05, 0) is 98.9 Å². The number of esters is 1. The number of hydrogen-bond acceptors (Lipinski definition) is 10. The summed E-state index contributed by atoms with van der Waals surface area (Å²) in [6.45, 7) is 4.94. The standard InChI is InChI=1S/C47H54F3N3O9/c1-46(2,3)62-45(59)52-27-40(44(58)53-35-18-17-33-26-51-22-21-32(33)23-35)31-15-13-30(14-16-31)28-61-43(57)12-7-5-4-6-11-38-39(42(56)25-41(38)55)20-19-36(54)29-60-37-10-8-9-34(24-37)47(48,49)50/h4,6,8-10,13-24,26,36,38-42,54-56H,5,7,11-12,25,27-29H2,1-3H3,(H,52,59)(H,53,58)/b6-4-,20-19+/t36-,38-,39-,40?,41+,42-/m1/s1. The number of fused-ring (bicyclic) bond motifs is 1. The maximum atomic E-state index is 13.6. The van der Waals surface area contributed by atoms with E-state index in [-0.39, 0.29) is 56.1 Å². The van der Waals surface area contributed by atoms with Gasteiger partial charge in [-0.3, -0.25) is 14.6 Å². The molecule has 6 atom stereocenters. The molecule has 3 aromatic carbocycles. The average molecular weight is 862 g/mol. The fraction of sp³-hybridized carbons (Fsp3) is 0.404. The van der Waals surface area contributed by atoms with Crippen LogP contribution in [0.4, 0.5) is 23.7 Å². The predicted octanol–water partition coefficient (Wildman–Crippen LogP) is 8.01. The van der Waals surface area contributed by atoms with Crippen molar-refractivity contribution in [2.24, 2.45) is 11.8 Å². The summed E-state index contributed by atoms with van der Waals surface area (Å²) in [7, 11) is 0. The fourth-order valence-corrected chi connectivity index (χ4v) is 7.03. The normalized spacial score (nSPS) is 19.0. The van der Waals surface area contributed by atoms with Gasteiger partial charge in [0.1, 0.15) is 30.7 Å². The molecule has 15 heteroatoms. The lowest BCUT2D eigenvalue weighted by Gasteiger charge is -2.22. The highest BCUT2D eigenvalue weighted by atomic mass is 19.4. The van der Waals surface area contributed by atoms with Crippen molar-refractivity contribution in [3.63, 3.8) is 0 Å². The van der Waals surface area contributed by atoms with E-state index < -0.39 is 53.6 Å². The molecule has 1 saturated carbocycles. The molecule has 0 aliphatic heterocycles. The van der Waals surface area contributed by atoms with Crippen LogP contribution < -0.4 is 15.4 Å². The number of anilines is 1. The van der Waals surface area contributed by atoms with E-state index in [1.165, 1.54) is 18.2 Å². The molecule has 12 nitrogen and oxygen atoms in total. The number of unbranched alkanes of at least 4 members (excludes halogenated alkanes) is 1. The molecule has 1 aliphatic rings. The van der Waals surface area contributed by atoms with Crippen molar-refractivity contribution in [1.29, 1.82) is 0 Å². The molecule has 1 fully saturated rings. The molecular weight excluding hydrogens is 808 g/mol. The molecular formula is C47H54F3N3O9. The van der Waals surface area contributed by atoms with E-state index in [2.05, 4.69) is 15.6 Å². The van der Waals surface area contributed by atoms with Gasteiger partial charge in [0.05, 0.1) is 23.7 Å². The van der Waals surface area contributed by atoms with Gasteiger partial charge in [0, 0.05) is 48.8 Å². The number of ether oxygens (including phenoxy) is 3. The van der Waals surface area contributed by atoms with E-state index in [0.29, 0.717) is 36.1 Å². The van der Waals surface area contributed by atoms with Crippen molar-refractivity contribution in [2.75, 3.05) is 18.5 Å². The van der Waals surface area contributed by atoms with Crippen molar-refractivity contribution < 1.29 is 57.1 Å². The van der Waals surface area contributed by atoms with Crippen LogP contribution in [-0.2, 0) is 31.8 Å². The number of nitrogens with one attached hydrogen (secondary N) is 2. The molecule has 1 aliphatic carbocycles. The van der Waals surface area contributed by atoms with Crippen LogP contribution in [-0.4, -0.2) is 75.3 Å². The Hall–Kier alpha value is -5.77. The second-order valence-corrected chi connectivity index (χ2v) is 16.3. The third-order valence-corrected chi connectivity index (χ3v) is 10.2. The number of halogens is 3. The summed E-state index contributed by atoms with van der Waals surface area (Å²) in [5.74, 6) is -2.33. The molecule has 2 amide bonds. The predicted molar refractivity (Wildman–Crippen MR) is 227 cm³/mol. The molecule has 1 aromatic heterocycles. The van der Waals surface area contributed by atoms with E-state index in [1.807, 2.05) is 30.4 Å². The van der Waals surface area contributed by atoms with Gasteiger partial charge in [-0.1, -0.05) is 60.7 Å². The van der Waals surface area contributed by atoms with Crippen LogP contribution >= 0.6 is 0 Å². The number of aliphatic hydroxyl groups is 3. The Morgan fingerprint density at radius 3 is 2.47 bits per heavy atom. The topological polar surface area (TPSA) is 177 Å². The Morgan fingerprint density at radius 1 is 0.952 bits per heavy atom. The lowest BCUT2D eigenvalue weighted by atomic mass is 9.89. The van der Waals surface area contributed by atoms with Crippen molar-refractivity contribution in [3.05, 3.63) is 126 Å². The number of alkyl carbamates (subject to hydrolysis) is 1.